The van der Waals surface area contributed by atoms with E-state index < -0.39 is 0 Å². The molecule has 1 aromatic rings. The third-order valence-corrected chi connectivity index (χ3v) is 4.29. The highest BCUT2D eigenvalue weighted by atomic mass is 16.1. The fourth-order valence-corrected chi connectivity index (χ4v) is 2.57. The van der Waals surface area contributed by atoms with Gasteiger partial charge in [-0.15, -0.1) is 0 Å². The van der Waals surface area contributed by atoms with E-state index >= 15 is 0 Å². The number of nitrogens with zero attached hydrogens (tertiary/aromatic N) is 1. The van der Waals surface area contributed by atoms with E-state index in [1.807, 2.05) is 12.1 Å². The molecule has 0 radical (unpaired) electrons. The van der Waals surface area contributed by atoms with Crippen molar-refractivity contribution < 1.29 is 4.79 Å². The fourth-order valence-electron chi connectivity index (χ4n) is 2.57. The molecule has 112 valence electrons. The van der Waals surface area contributed by atoms with Gasteiger partial charge in [-0.25, -0.2) is 0 Å². The second-order valence-electron chi connectivity index (χ2n) is 5.74. The van der Waals surface area contributed by atoms with Gasteiger partial charge in [0.1, 0.15) is 0 Å². The number of nitrogens with one attached hydrogen (secondary N) is 1. The van der Waals surface area contributed by atoms with Crippen LogP contribution in [0.25, 0.3) is 0 Å². The number of rotatable bonds is 4. The normalized spacial score (nSPS) is 15.8. The molecule has 0 spiro atoms. The van der Waals surface area contributed by atoms with Crippen LogP contribution in [-0.4, -0.2) is 43.5 Å². The summed E-state index contributed by atoms with van der Waals surface area (Å²) in [7, 11) is 4.16. The first kappa shape index (κ1) is 15.6. The summed E-state index contributed by atoms with van der Waals surface area (Å²) in [5, 5.41) is 3.05. The molecule has 4 heteroatoms. The highest BCUT2D eigenvalue weighted by Gasteiger charge is 2.39. The third kappa shape index (κ3) is 3.63. The second-order valence-corrected chi connectivity index (χ2v) is 5.74. The van der Waals surface area contributed by atoms with Crippen molar-refractivity contribution in [3.05, 3.63) is 35.4 Å². The van der Waals surface area contributed by atoms with Crippen LogP contribution in [0.3, 0.4) is 0 Å². The summed E-state index contributed by atoms with van der Waals surface area (Å²) in [6.45, 7) is 1.04. The number of benzene rings is 1. The quantitative estimate of drug-likeness (QED) is 0.818. The minimum atomic E-state index is -0.0264. The molecule has 3 N–H and O–H groups in total. The van der Waals surface area contributed by atoms with E-state index in [0.717, 1.165) is 18.4 Å². The molecule has 21 heavy (non-hydrogen) atoms. The van der Waals surface area contributed by atoms with Crippen LogP contribution in [0.15, 0.2) is 24.3 Å². The molecule has 1 aromatic carbocycles. The highest BCUT2D eigenvalue weighted by molar-refractivity contribution is 5.94. The minimum Gasteiger partial charge on any atom is -0.350 e. The van der Waals surface area contributed by atoms with Crippen molar-refractivity contribution in [2.75, 3.05) is 27.2 Å². The zero-order valence-corrected chi connectivity index (χ0v) is 12.8. The lowest BCUT2D eigenvalue weighted by molar-refractivity contribution is 0.0557. The molecule has 1 saturated carbocycles. The molecule has 4 nitrogen and oxygen atoms in total. The van der Waals surface area contributed by atoms with Crippen LogP contribution in [0.1, 0.15) is 35.2 Å². The van der Waals surface area contributed by atoms with E-state index in [2.05, 4.69) is 36.2 Å². The van der Waals surface area contributed by atoms with Gasteiger partial charge in [0.15, 0.2) is 0 Å². The Balaban J connectivity index is 1.94. The maximum absolute atomic E-state index is 12.2. The summed E-state index contributed by atoms with van der Waals surface area (Å²) in [6, 6.07) is 7.31. The summed E-state index contributed by atoms with van der Waals surface area (Å²) in [5.41, 5.74) is 7.02. The molecule has 0 aromatic heterocycles. The summed E-state index contributed by atoms with van der Waals surface area (Å²) in [6.07, 6.45) is 3.53. The number of carbonyl (C=O) groups excluding carboxylic acids is 1. The lowest BCUT2D eigenvalue weighted by atomic mass is 9.75. The van der Waals surface area contributed by atoms with Gasteiger partial charge in [-0.05, 0) is 57.6 Å². The fraction of sp³-hybridized carbons (Fsp3) is 0.471. The van der Waals surface area contributed by atoms with Crippen molar-refractivity contribution in [1.82, 2.24) is 10.2 Å². The van der Waals surface area contributed by atoms with E-state index in [1.54, 1.807) is 12.1 Å². The van der Waals surface area contributed by atoms with Gasteiger partial charge >= 0.3 is 0 Å². The number of amides is 1. The Kier molecular flexibility index (Phi) is 5.00. The molecule has 0 aliphatic heterocycles. The summed E-state index contributed by atoms with van der Waals surface area (Å²) in [4.78, 5) is 14.4. The Bertz CT molecular complexity index is 548. The second kappa shape index (κ2) is 6.75. The van der Waals surface area contributed by atoms with Crippen LogP contribution < -0.4 is 11.1 Å². The molecular weight excluding hydrogens is 262 g/mol. The van der Waals surface area contributed by atoms with Crippen LogP contribution >= 0.6 is 0 Å². The standard InChI is InChI=1S/C17H23N3O/c1-20(2)17(10-4-11-17)13-19-16(21)15-8-6-14(7-9-15)5-3-12-18/h6-9H,4,10-13,18H2,1-2H3,(H,19,21). The Morgan fingerprint density at radius 2 is 2.00 bits per heavy atom. The SMILES string of the molecule is CN(C)C1(CNC(=O)c2ccc(C#CCN)cc2)CCC1. The van der Waals surface area contributed by atoms with Crippen LogP contribution in [0, 0.1) is 11.8 Å². The predicted octanol–water partition coefficient (Wildman–Crippen LogP) is 1.21. The molecule has 0 heterocycles. The number of nitrogens with two attached hydrogens (primary N) is 1. The average Bonchev–Trinajstić information content (AvgIpc) is 2.44. The molecule has 1 aliphatic rings. The van der Waals surface area contributed by atoms with Gasteiger partial charge in [-0.2, -0.15) is 0 Å². The lowest BCUT2D eigenvalue weighted by Gasteiger charge is -2.47. The number of carbonyl (C=O) groups is 1. The van der Waals surface area contributed by atoms with E-state index in [-0.39, 0.29) is 11.4 Å². The zero-order valence-electron chi connectivity index (χ0n) is 12.8. The van der Waals surface area contributed by atoms with E-state index in [9.17, 15) is 4.79 Å². The molecular formula is C17H23N3O. The lowest BCUT2D eigenvalue weighted by Crippen LogP contribution is -2.57. The maximum Gasteiger partial charge on any atom is 0.251 e. The van der Waals surface area contributed by atoms with Crippen LogP contribution in [-0.2, 0) is 0 Å². The third-order valence-electron chi connectivity index (χ3n) is 4.29. The van der Waals surface area contributed by atoms with Crippen LogP contribution in [0.4, 0.5) is 0 Å². The van der Waals surface area contributed by atoms with E-state index in [0.29, 0.717) is 18.7 Å². The number of likely N-dealkylation sites (N-methyl/N-ethyl adjacent to an activating group) is 1. The Morgan fingerprint density at radius 1 is 1.33 bits per heavy atom. The molecule has 0 unspecified atom stereocenters. The van der Waals surface area contributed by atoms with Gasteiger partial charge in [0, 0.05) is 23.2 Å². The molecule has 1 amide bonds. The maximum atomic E-state index is 12.2. The molecule has 0 saturated heterocycles. The van der Waals surface area contributed by atoms with Gasteiger partial charge in [0.25, 0.3) is 5.91 Å². The molecule has 2 rings (SSSR count). The topological polar surface area (TPSA) is 58.4 Å². The van der Waals surface area contributed by atoms with Crippen LogP contribution in [0.2, 0.25) is 0 Å². The Hall–Kier alpha value is -1.83. The first-order valence-corrected chi connectivity index (χ1v) is 7.32. The van der Waals surface area contributed by atoms with Gasteiger partial charge < -0.3 is 16.0 Å². The molecule has 1 aliphatic carbocycles. The highest BCUT2D eigenvalue weighted by Crippen LogP contribution is 2.35. The van der Waals surface area contributed by atoms with Crippen molar-refractivity contribution in [1.29, 1.82) is 0 Å². The number of hydrogen-bond acceptors (Lipinski definition) is 3. The molecule has 0 bridgehead atoms. The van der Waals surface area contributed by atoms with Crippen molar-refractivity contribution >= 4 is 5.91 Å². The molecule has 1 fully saturated rings. The first-order valence-electron chi connectivity index (χ1n) is 7.32. The average molecular weight is 285 g/mol. The van der Waals surface area contributed by atoms with Crippen molar-refractivity contribution in [3.63, 3.8) is 0 Å². The van der Waals surface area contributed by atoms with Gasteiger partial charge in [0.2, 0.25) is 0 Å². The Labute approximate surface area is 126 Å². The first-order chi connectivity index (χ1) is 10.1. The summed E-state index contributed by atoms with van der Waals surface area (Å²) >= 11 is 0. The summed E-state index contributed by atoms with van der Waals surface area (Å²) in [5.74, 6) is 5.72. The van der Waals surface area contributed by atoms with Crippen LogP contribution in [0.5, 0.6) is 0 Å². The van der Waals surface area contributed by atoms with Crippen molar-refractivity contribution in [2.45, 2.75) is 24.8 Å². The molecule has 0 atom stereocenters. The zero-order chi connectivity index (χ0) is 15.3. The smallest absolute Gasteiger partial charge is 0.251 e. The van der Waals surface area contributed by atoms with Crippen molar-refractivity contribution in [2.24, 2.45) is 5.73 Å². The summed E-state index contributed by atoms with van der Waals surface area (Å²) < 4.78 is 0. The number of hydrogen-bond donors (Lipinski definition) is 2. The van der Waals surface area contributed by atoms with E-state index in [1.165, 1.54) is 6.42 Å². The largest absolute Gasteiger partial charge is 0.350 e. The van der Waals surface area contributed by atoms with Gasteiger partial charge in [-0.1, -0.05) is 11.8 Å². The van der Waals surface area contributed by atoms with Crippen molar-refractivity contribution in [3.8, 4) is 11.8 Å². The van der Waals surface area contributed by atoms with E-state index in [4.69, 9.17) is 5.73 Å². The van der Waals surface area contributed by atoms with Gasteiger partial charge in [0.05, 0.1) is 6.54 Å². The monoisotopic (exact) mass is 285 g/mol. The Morgan fingerprint density at radius 3 is 2.48 bits per heavy atom. The minimum absolute atomic E-state index is 0.0264. The predicted molar refractivity (Wildman–Crippen MR) is 85.0 cm³/mol. The van der Waals surface area contributed by atoms with Gasteiger partial charge in [-0.3, -0.25) is 4.79 Å².